The molecule has 5 nitrogen and oxygen atoms in total. The standard InChI is InChI=1S/C15H29NO4/c1-6-7-8-9-10-19-13(17)12(2)16-14(18)20-11-15(3,4)5/h12H,6-11H2,1-5H3,(H,16,18)/t12-/m0/s1. The van der Waals surface area contributed by atoms with Gasteiger partial charge in [-0.2, -0.15) is 0 Å². The Kier molecular flexibility index (Phi) is 9.01. The summed E-state index contributed by atoms with van der Waals surface area (Å²) >= 11 is 0. The Balaban J connectivity index is 3.81. The van der Waals surface area contributed by atoms with Crippen LogP contribution in [0.2, 0.25) is 0 Å². The lowest BCUT2D eigenvalue weighted by Crippen LogP contribution is -2.40. The number of hydrogen-bond donors (Lipinski definition) is 1. The van der Waals surface area contributed by atoms with Crippen LogP contribution in [0.4, 0.5) is 4.79 Å². The van der Waals surface area contributed by atoms with Gasteiger partial charge in [-0.1, -0.05) is 47.0 Å². The minimum atomic E-state index is -0.686. The molecule has 0 aliphatic carbocycles. The molecule has 20 heavy (non-hydrogen) atoms. The number of carbonyl (C=O) groups excluding carboxylic acids is 2. The smallest absolute Gasteiger partial charge is 0.407 e. The molecule has 0 radical (unpaired) electrons. The van der Waals surface area contributed by atoms with E-state index < -0.39 is 18.1 Å². The third kappa shape index (κ3) is 10.6. The van der Waals surface area contributed by atoms with Gasteiger partial charge in [0.1, 0.15) is 6.04 Å². The molecule has 0 aromatic carbocycles. The van der Waals surface area contributed by atoms with Gasteiger partial charge in [0.2, 0.25) is 0 Å². The maximum atomic E-state index is 11.6. The fourth-order valence-corrected chi connectivity index (χ4v) is 1.39. The lowest BCUT2D eigenvalue weighted by atomic mass is 9.99. The Bertz CT molecular complexity index is 297. The normalized spacial score (nSPS) is 12.7. The number of esters is 1. The highest BCUT2D eigenvalue weighted by molar-refractivity contribution is 5.80. The summed E-state index contributed by atoms with van der Waals surface area (Å²) < 4.78 is 10.1. The molecule has 0 unspecified atom stereocenters. The van der Waals surface area contributed by atoms with E-state index in [1.165, 1.54) is 0 Å². The second-order valence-electron chi connectivity index (χ2n) is 6.23. The zero-order chi connectivity index (χ0) is 15.6. The van der Waals surface area contributed by atoms with Crippen LogP contribution >= 0.6 is 0 Å². The predicted octanol–water partition coefficient (Wildman–Crippen LogP) is 3.27. The summed E-state index contributed by atoms with van der Waals surface area (Å²) in [5.74, 6) is -0.422. The molecule has 1 N–H and O–H groups in total. The maximum absolute atomic E-state index is 11.6. The molecule has 118 valence electrons. The number of hydrogen-bond acceptors (Lipinski definition) is 4. The predicted molar refractivity (Wildman–Crippen MR) is 78.5 cm³/mol. The molecule has 0 aromatic heterocycles. The first-order chi connectivity index (χ1) is 9.26. The van der Waals surface area contributed by atoms with Gasteiger partial charge in [0.25, 0.3) is 0 Å². The largest absolute Gasteiger partial charge is 0.464 e. The van der Waals surface area contributed by atoms with Crippen molar-refractivity contribution in [1.29, 1.82) is 0 Å². The van der Waals surface area contributed by atoms with E-state index in [9.17, 15) is 9.59 Å². The molecule has 5 heteroatoms. The second-order valence-corrected chi connectivity index (χ2v) is 6.23. The van der Waals surface area contributed by atoms with Crippen molar-refractivity contribution in [2.24, 2.45) is 5.41 Å². The fraction of sp³-hybridized carbons (Fsp3) is 0.867. The SMILES string of the molecule is CCCCCCOC(=O)[C@H](C)NC(=O)OCC(C)(C)C. The Morgan fingerprint density at radius 3 is 2.30 bits per heavy atom. The van der Waals surface area contributed by atoms with E-state index in [0.717, 1.165) is 25.7 Å². The zero-order valence-corrected chi connectivity index (χ0v) is 13.5. The van der Waals surface area contributed by atoms with E-state index in [2.05, 4.69) is 12.2 Å². The van der Waals surface area contributed by atoms with Crippen LogP contribution in [0.25, 0.3) is 0 Å². The molecule has 0 saturated carbocycles. The lowest BCUT2D eigenvalue weighted by molar-refractivity contribution is -0.145. The molecule has 0 aliphatic heterocycles. The van der Waals surface area contributed by atoms with Gasteiger partial charge < -0.3 is 14.8 Å². The average Bonchev–Trinajstić information content (AvgIpc) is 2.35. The quantitative estimate of drug-likeness (QED) is 0.549. The molecule has 0 heterocycles. The third-order valence-electron chi connectivity index (χ3n) is 2.57. The molecule has 0 fully saturated rings. The summed E-state index contributed by atoms with van der Waals surface area (Å²) in [7, 11) is 0. The van der Waals surface area contributed by atoms with Crippen molar-refractivity contribution >= 4 is 12.1 Å². The van der Waals surface area contributed by atoms with Crippen LogP contribution in [0.1, 0.15) is 60.3 Å². The summed E-state index contributed by atoms with van der Waals surface area (Å²) in [5, 5.41) is 2.47. The molecular weight excluding hydrogens is 258 g/mol. The van der Waals surface area contributed by atoms with Crippen LogP contribution in [0.3, 0.4) is 0 Å². The van der Waals surface area contributed by atoms with Crippen molar-refractivity contribution in [3.05, 3.63) is 0 Å². The van der Waals surface area contributed by atoms with E-state index >= 15 is 0 Å². The van der Waals surface area contributed by atoms with Crippen molar-refractivity contribution in [3.63, 3.8) is 0 Å². The zero-order valence-electron chi connectivity index (χ0n) is 13.5. The van der Waals surface area contributed by atoms with Crippen molar-refractivity contribution in [3.8, 4) is 0 Å². The van der Waals surface area contributed by atoms with E-state index in [-0.39, 0.29) is 5.41 Å². The third-order valence-corrected chi connectivity index (χ3v) is 2.57. The highest BCUT2D eigenvalue weighted by atomic mass is 16.6. The Morgan fingerprint density at radius 1 is 1.10 bits per heavy atom. The Hall–Kier alpha value is -1.26. The van der Waals surface area contributed by atoms with Crippen LogP contribution in [0.5, 0.6) is 0 Å². The molecule has 0 spiro atoms. The maximum Gasteiger partial charge on any atom is 0.407 e. The second kappa shape index (κ2) is 9.61. The van der Waals surface area contributed by atoms with Crippen LogP contribution < -0.4 is 5.32 Å². The minimum absolute atomic E-state index is 0.0969. The Labute approximate surface area is 122 Å². The molecule has 0 rings (SSSR count). The molecule has 1 amide bonds. The summed E-state index contributed by atoms with van der Waals surface area (Å²) in [6.07, 6.45) is 3.62. The number of alkyl carbamates (subject to hydrolysis) is 1. The Morgan fingerprint density at radius 2 is 1.75 bits per heavy atom. The number of amides is 1. The first kappa shape index (κ1) is 18.7. The average molecular weight is 287 g/mol. The van der Waals surface area contributed by atoms with Gasteiger partial charge in [-0.15, -0.1) is 0 Å². The molecule has 1 atom stereocenters. The van der Waals surface area contributed by atoms with Gasteiger partial charge in [0.05, 0.1) is 13.2 Å². The van der Waals surface area contributed by atoms with E-state index in [1.54, 1.807) is 6.92 Å². The topological polar surface area (TPSA) is 64.6 Å². The molecule has 0 bridgehead atoms. The van der Waals surface area contributed by atoms with Gasteiger partial charge in [-0.3, -0.25) is 0 Å². The van der Waals surface area contributed by atoms with Gasteiger partial charge in [0, 0.05) is 0 Å². The number of rotatable bonds is 8. The van der Waals surface area contributed by atoms with Gasteiger partial charge in [-0.25, -0.2) is 9.59 Å². The summed E-state index contributed by atoms with van der Waals surface area (Å²) in [6.45, 7) is 10.3. The van der Waals surface area contributed by atoms with Crippen LogP contribution in [0, 0.1) is 5.41 Å². The van der Waals surface area contributed by atoms with Crippen LogP contribution in [-0.4, -0.2) is 31.3 Å². The van der Waals surface area contributed by atoms with E-state index in [0.29, 0.717) is 13.2 Å². The van der Waals surface area contributed by atoms with Crippen LogP contribution in [-0.2, 0) is 14.3 Å². The first-order valence-corrected chi connectivity index (χ1v) is 7.36. The van der Waals surface area contributed by atoms with Crippen LogP contribution in [0.15, 0.2) is 0 Å². The first-order valence-electron chi connectivity index (χ1n) is 7.36. The van der Waals surface area contributed by atoms with E-state index in [1.807, 2.05) is 20.8 Å². The summed E-state index contributed by atoms with van der Waals surface area (Å²) in [5.41, 5.74) is -0.0969. The van der Waals surface area contributed by atoms with Gasteiger partial charge >= 0.3 is 12.1 Å². The number of carbonyl (C=O) groups is 2. The van der Waals surface area contributed by atoms with Crippen molar-refractivity contribution in [2.45, 2.75) is 66.3 Å². The van der Waals surface area contributed by atoms with Gasteiger partial charge in [0.15, 0.2) is 0 Å². The molecular formula is C15H29NO4. The van der Waals surface area contributed by atoms with E-state index in [4.69, 9.17) is 9.47 Å². The summed E-state index contributed by atoms with van der Waals surface area (Å²) in [4.78, 5) is 23.1. The minimum Gasteiger partial charge on any atom is -0.464 e. The highest BCUT2D eigenvalue weighted by Gasteiger charge is 2.19. The molecule has 0 aliphatic rings. The number of unbranched alkanes of at least 4 members (excludes halogenated alkanes) is 3. The van der Waals surface area contributed by atoms with Crippen molar-refractivity contribution in [1.82, 2.24) is 5.32 Å². The van der Waals surface area contributed by atoms with Crippen molar-refractivity contribution < 1.29 is 19.1 Å². The highest BCUT2D eigenvalue weighted by Crippen LogP contribution is 2.12. The lowest BCUT2D eigenvalue weighted by Gasteiger charge is -2.19. The molecule has 0 saturated heterocycles. The summed E-state index contributed by atoms with van der Waals surface area (Å²) in [6, 6.07) is -0.686. The monoisotopic (exact) mass is 287 g/mol. The molecule has 0 aromatic rings. The van der Waals surface area contributed by atoms with Gasteiger partial charge in [-0.05, 0) is 18.8 Å². The fourth-order valence-electron chi connectivity index (χ4n) is 1.39. The number of nitrogens with one attached hydrogen (secondary N) is 1. The van der Waals surface area contributed by atoms with Crippen molar-refractivity contribution in [2.75, 3.05) is 13.2 Å². The number of ether oxygens (including phenoxy) is 2.